The summed E-state index contributed by atoms with van der Waals surface area (Å²) in [7, 11) is 2.98. The van der Waals surface area contributed by atoms with Crippen molar-refractivity contribution in [2.75, 3.05) is 27.4 Å². The standard InChI is InChI=1S/C20H33N3O6/c1-12(2)8-14(22-18(25)29-19(3,4)5)17(24)23-10-13(9-21)15-16(23)20(26-6,27-7)11-28-15/h12-16H,8,10-11H2,1-7H3,(H,22,25). The Morgan fingerprint density at radius 3 is 2.41 bits per heavy atom. The highest BCUT2D eigenvalue weighted by molar-refractivity contribution is 5.86. The second kappa shape index (κ2) is 8.86. The zero-order valence-electron chi connectivity index (χ0n) is 18.4. The van der Waals surface area contributed by atoms with Gasteiger partial charge in [-0.25, -0.2) is 4.79 Å². The molecule has 2 heterocycles. The highest BCUT2D eigenvalue weighted by Gasteiger charge is 2.62. The zero-order valence-corrected chi connectivity index (χ0v) is 18.4. The average Bonchev–Trinajstić information content (AvgIpc) is 3.17. The molecule has 0 aromatic rings. The number of rotatable bonds is 6. The summed E-state index contributed by atoms with van der Waals surface area (Å²) in [6.45, 7) is 9.52. The molecule has 9 heteroatoms. The number of carbonyl (C=O) groups is 2. The fourth-order valence-corrected chi connectivity index (χ4v) is 3.95. The summed E-state index contributed by atoms with van der Waals surface area (Å²) >= 11 is 0. The molecule has 0 aromatic heterocycles. The van der Waals surface area contributed by atoms with E-state index in [1.54, 1.807) is 25.7 Å². The van der Waals surface area contributed by atoms with Gasteiger partial charge in [0.15, 0.2) is 0 Å². The number of carbonyl (C=O) groups excluding carboxylic acids is 2. The maximum Gasteiger partial charge on any atom is 0.408 e. The molecule has 2 rings (SSSR count). The van der Waals surface area contributed by atoms with Crippen molar-refractivity contribution in [2.45, 2.75) is 70.6 Å². The molecule has 0 radical (unpaired) electrons. The van der Waals surface area contributed by atoms with Gasteiger partial charge < -0.3 is 29.2 Å². The fraction of sp³-hybridized carbons (Fsp3) is 0.850. The zero-order chi connectivity index (χ0) is 22.0. The maximum absolute atomic E-state index is 13.5. The van der Waals surface area contributed by atoms with Crippen molar-refractivity contribution in [3.05, 3.63) is 0 Å². The van der Waals surface area contributed by atoms with Crippen LogP contribution in [0.3, 0.4) is 0 Å². The minimum Gasteiger partial charge on any atom is -0.444 e. The molecule has 0 saturated carbocycles. The van der Waals surface area contributed by atoms with Crippen molar-refractivity contribution in [2.24, 2.45) is 11.8 Å². The van der Waals surface area contributed by atoms with E-state index in [1.165, 1.54) is 14.2 Å². The minimum absolute atomic E-state index is 0.117. The highest BCUT2D eigenvalue weighted by atomic mass is 16.7. The van der Waals surface area contributed by atoms with Gasteiger partial charge in [-0.15, -0.1) is 0 Å². The number of fused-ring (bicyclic) bond motifs is 1. The average molecular weight is 411 g/mol. The van der Waals surface area contributed by atoms with Crippen LogP contribution in [0.15, 0.2) is 0 Å². The monoisotopic (exact) mass is 411 g/mol. The van der Waals surface area contributed by atoms with E-state index >= 15 is 0 Å². The fourth-order valence-electron chi connectivity index (χ4n) is 3.95. The Balaban J connectivity index is 2.28. The second-order valence-electron chi connectivity index (χ2n) is 9.00. The van der Waals surface area contributed by atoms with Crippen LogP contribution in [0.2, 0.25) is 0 Å². The summed E-state index contributed by atoms with van der Waals surface area (Å²) in [5.41, 5.74) is -0.680. The van der Waals surface area contributed by atoms with E-state index < -0.39 is 41.6 Å². The molecular formula is C20H33N3O6. The molecule has 164 valence electrons. The van der Waals surface area contributed by atoms with Crippen LogP contribution in [-0.2, 0) is 23.7 Å². The van der Waals surface area contributed by atoms with E-state index in [2.05, 4.69) is 11.4 Å². The molecule has 2 aliphatic heterocycles. The van der Waals surface area contributed by atoms with Crippen molar-refractivity contribution < 1.29 is 28.5 Å². The molecule has 2 amide bonds. The van der Waals surface area contributed by atoms with Crippen LogP contribution in [0.4, 0.5) is 4.79 Å². The molecule has 4 unspecified atom stereocenters. The van der Waals surface area contributed by atoms with Crippen molar-refractivity contribution >= 4 is 12.0 Å². The number of methoxy groups -OCH3 is 2. The molecule has 2 saturated heterocycles. The molecule has 0 aromatic carbocycles. The summed E-state index contributed by atoms with van der Waals surface area (Å²) in [4.78, 5) is 27.4. The van der Waals surface area contributed by atoms with Gasteiger partial charge in [-0.05, 0) is 33.1 Å². The van der Waals surface area contributed by atoms with Gasteiger partial charge in [0.25, 0.3) is 0 Å². The lowest BCUT2D eigenvalue weighted by molar-refractivity contribution is -0.227. The van der Waals surface area contributed by atoms with E-state index in [1.807, 2.05) is 13.8 Å². The van der Waals surface area contributed by atoms with Crippen LogP contribution in [0.25, 0.3) is 0 Å². The third-order valence-electron chi connectivity index (χ3n) is 5.20. The minimum atomic E-state index is -1.15. The van der Waals surface area contributed by atoms with Crippen LogP contribution in [-0.4, -0.2) is 73.8 Å². The number of likely N-dealkylation sites (tertiary alicyclic amines) is 1. The van der Waals surface area contributed by atoms with Gasteiger partial charge in [0.1, 0.15) is 30.4 Å². The third-order valence-corrected chi connectivity index (χ3v) is 5.20. The van der Waals surface area contributed by atoms with Gasteiger partial charge >= 0.3 is 6.09 Å². The van der Waals surface area contributed by atoms with Crippen LogP contribution >= 0.6 is 0 Å². The van der Waals surface area contributed by atoms with Crippen LogP contribution in [0.1, 0.15) is 41.0 Å². The van der Waals surface area contributed by atoms with Crippen molar-refractivity contribution in [1.82, 2.24) is 10.2 Å². The molecule has 0 bridgehead atoms. The molecule has 1 N–H and O–H groups in total. The molecular weight excluding hydrogens is 378 g/mol. The normalized spacial score (nSPS) is 26.7. The molecule has 0 spiro atoms. The first kappa shape index (κ1) is 23.4. The van der Waals surface area contributed by atoms with E-state index in [-0.39, 0.29) is 25.0 Å². The second-order valence-corrected chi connectivity index (χ2v) is 9.00. The lowest BCUT2D eigenvalue weighted by Gasteiger charge is -2.37. The number of hydrogen-bond acceptors (Lipinski definition) is 7. The summed E-state index contributed by atoms with van der Waals surface area (Å²) in [5, 5.41) is 12.2. The van der Waals surface area contributed by atoms with Crippen LogP contribution in [0.5, 0.6) is 0 Å². The number of alkyl carbamates (subject to hydrolysis) is 1. The molecule has 29 heavy (non-hydrogen) atoms. The highest BCUT2D eigenvalue weighted by Crippen LogP contribution is 2.41. The first-order valence-electron chi connectivity index (χ1n) is 9.89. The van der Waals surface area contributed by atoms with Crippen molar-refractivity contribution in [3.63, 3.8) is 0 Å². The smallest absolute Gasteiger partial charge is 0.408 e. The number of ether oxygens (including phenoxy) is 4. The first-order chi connectivity index (χ1) is 13.5. The number of amides is 2. The lowest BCUT2D eigenvalue weighted by Crippen LogP contribution is -2.59. The first-order valence-corrected chi connectivity index (χ1v) is 9.89. The molecule has 2 aliphatic rings. The van der Waals surface area contributed by atoms with Gasteiger partial charge in [-0.1, -0.05) is 13.8 Å². The van der Waals surface area contributed by atoms with Gasteiger partial charge in [-0.3, -0.25) is 4.79 Å². The van der Waals surface area contributed by atoms with Crippen molar-refractivity contribution in [3.8, 4) is 6.07 Å². The number of nitrogens with zero attached hydrogens (tertiary/aromatic N) is 2. The Bertz CT molecular complexity index is 650. The van der Waals surface area contributed by atoms with Gasteiger partial charge in [0.05, 0.1) is 12.0 Å². The molecule has 0 aliphatic carbocycles. The predicted octanol–water partition coefficient (Wildman–Crippen LogP) is 1.66. The van der Waals surface area contributed by atoms with E-state index in [9.17, 15) is 14.9 Å². The van der Waals surface area contributed by atoms with Crippen LogP contribution in [0, 0.1) is 23.2 Å². The topological polar surface area (TPSA) is 110 Å². The van der Waals surface area contributed by atoms with E-state index in [0.29, 0.717) is 6.42 Å². The molecule has 4 atom stereocenters. The predicted molar refractivity (Wildman–Crippen MR) is 104 cm³/mol. The number of nitriles is 1. The molecule has 9 nitrogen and oxygen atoms in total. The lowest BCUT2D eigenvalue weighted by atomic mass is 9.99. The van der Waals surface area contributed by atoms with Gasteiger partial charge in [0.2, 0.25) is 11.7 Å². The number of nitrogens with one attached hydrogen (secondary N) is 1. The van der Waals surface area contributed by atoms with Crippen LogP contribution < -0.4 is 5.32 Å². The SMILES string of the molecule is COC1(OC)COC2C(C#N)CN(C(=O)C(CC(C)C)NC(=O)OC(C)(C)C)C21. The quantitative estimate of drug-likeness (QED) is 0.662. The summed E-state index contributed by atoms with van der Waals surface area (Å²) < 4.78 is 22.3. The summed E-state index contributed by atoms with van der Waals surface area (Å²) in [6.07, 6.45) is -0.738. The van der Waals surface area contributed by atoms with Gasteiger partial charge in [0, 0.05) is 20.8 Å². The summed E-state index contributed by atoms with van der Waals surface area (Å²) in [5.74, 6) is -1.81. The Morgan fingerprint density at radius 2 is 1.93 bits per heavy atom. The van der Waals surface area contributed by atoms with E-state index in [4.69, 9.17) is 18.9 Å². The Labute approximate surface area is 172 Å². The Morgan fingerprint density at radius 1 is 1.31 bits per heavy atom. The maximum atomic E-state index is 13.5. The van der Waals surface area contributed by atoms with Gasteiger partial charge in [-0.2, -0.15) is 5.26 Å². The molecule has 2 fully saturated rings. The third kappa shape index (κ3) is 5.00. The van der Waals surface area contributed by atoms with E-state index in [0.717, 1.165) is 0 Å². The van der Waals surface area contributed by atoms with Crippen molar-refractivity contribution in [1.29, 1.82) is 5.26 Å². The largest absolute Gasteiger partial charge is 0.444 e. The Kier molecular flexibility index (Phi) is 7.14. The summed E-state index contributed by atoms with van der Waals surface area (Å²) in [6, 6.07) is 0.840. The Hall–Kier alpha value is -1.89. The number of hydrogen-bond donors (Lipinski definition) is 1.